The van der Waals surface area contributed by atoms with Crippen molar-refractivity contribution in [3.8, 4) is 11.5 Å². The van der Waals surface area contributed by atoms with Crippen molar-refractivity contribution in [3.63, 3.8) is 0 Å². The minimum absolute atomic E-state index is 0.247. The molecule has 0 spiro atoms. The average molecular weight is 483 g/mol. The molecule has 2 rings (SSSR count). The lowest BCUT2D eigenvalue weighted by Crippen LogP contribution is -2.43. The maximum Gasteiger partial charge on any atom is 0.344 e. The van der Waals surface area contributed by atoms with Crippen molar-refractivity contribution >= 4 is 23.7 Å². The van der Waals surface area contributed by atoms with Crippen LogP contribution in [0.1, 0.15) is 55.3 Å². The van der Waals surface area contributed by atoms with Crippen molar-refractivity contribution in [3.05, 3.63) is 59.7 Å². The van der Waals surface area contributed by atoms with E-state index in [9.17, 15) is 19.2 Å². The largest absolute Gasteiger partial charge is 0.488 e. The maximum atomic E-state index is 13.2. The Morgan fingerprint density at radius 1 is 0.971 bits per heavy atom. The minimum atomic E-state index is -0.920. The van der Waals surface area contributed by atoms with Gasteiger partial charge < -0.3 is 19.1 Å². The summed E-state index contributed by atoms with van der Waals surface area (Å²) in [6.45, 7) is 8.69. The number of ketones is 1. The van der Waals surface area contributed by atoms with Crippen LogP contribution in [0, 0.1) is 0 Å². The number of esters is 1. The van der Waals surface area contributed by atoms with Gasteiger partial charge in [0.1, 0.15) is 23.8 Å². The molecule has 0 bridgehead atoms. The summed E-state index contributed by atoms with van der Waals surface area (Å²) in [4.78, 5) is 53.1. The first-order chi connectivity index (χ1) is 16.6. The highest BCUT2D eigenvalue weighted by Crippen LogP contribution is 2.21. The molecule has 9 nitrogen and oxygen atoms in total. The Morgan fingerprint density at radius 2 is 1.54 bits per heavy atom. The third-order valence-electron chi connectivity index (χ3n) is 4.72. The van der Waals surface area contributed by atoms with Crippen molar-refractivity contribution in [2.45, 2.75) is 46.3 Å². The predicted octanol–water partition coefficient (Wildman–Crippen LogP) is 3.81. The highest BCUT2D eigenvalue weighted by Gasteiger charge is 2.28. The summed E-state index contributed by atoms with van der Waals surface area (Å²) >= 11 is 0. The smallest absolute Gasteiger partial charge is 0.344 e. The van der Waals surface area contributed by atoms with Gasteiger partial charge in [-0.25, -0.2) is 9.59 Å². The predicted molar refractivity (Wildman–Crippen MR) is 128 cm³/mol. The molecule has 0 aromatic heterocycles. The Labute approximate surface area is 204 Å². The molecule has 1 amide bonds. The molecule has 2 aromatic rings. The van der Waals surface area contributed by atoms with Crippen LogP contribution in [-0.2, 0) is 14.3 Å². The first-order valence-corrected chi connectivity index (χ1v) is 11.1. The molecule has 0 radical (unpaired) electrons. The summed E-state index contributed by atoms with van der Waals surface area (Å²) in [5.74, 6) is -0.339. The van der Waals surface area contributed by atoms with Crippen LogP contribution >= 0.6 is 0 Å². The van der Waals surface area contributed by atoms with Crippen LogP contribution in [0.3, 0.4) is 0 Å². The van der Waals surface area contributed by atoms with Crippen molar-refractivity contribution in [1.82, 2.24) is 4.90 Å². The minimum Gasteiger partial charge on any atom is -0.488 e. The Balaban J connectivity index is 2.15. The molecule has 0 N–H and O–H groups in total. The summed E-state index contributed by atoms with van der Waals surface area (Å²) in [5, 5.41) is 0. The Morgan fingerprint density at radius 3 is 2.09 bits per heavy atom. The van der Waals surface area contributed by atoms with E-state index in [-0.39, 0.29) is 25.7 Å². The third kappa shape index (κ3) is 8.39. The molecule has 0 unspecified atom stereocenters. The standard InChI is InChI=1S/C26H30N2O7/c1-6-33-23(30)15-34-21-11-7-19(8-12-21)24(31)18(2)28(16-27-17-29)25(32)20-9-13-22(14-10-20)35-26(3,4)5/h7-14,18H,6,15-16H2,1-5H3/t18-/m0/s1. The summed E-state index contributed by atoms with van der Waals surface area (Å²) in [6.07, 6.45) is 1.41. The van der Waals surface area contributed by atoms with Crippen molar-refractivity contribution in [2.75, 3.05) is 19.9 Å². The molecule has 0 saturated carbocycles. The number of aliphatic imine (C=N–C) groups is 1. The molecule has 0 aliphatic carbocycles. The van der Waals surface area contributed by atoms with E-state index in [4.69, 9.17) is 14.2 Å². The summed E-state index contributed by atoms with van der Waals surface area (Å²) in [7, 11) is 0. The molecule has 0 heterocycles. The molecule has 35 heavy (non-hydrogen) atoms. The molecule has 0 fully saturated rings. The van der Waals surface area contributed by atoms with Gasteiger partial charge >= 0.3 is 5.97 Å². The fraction of sp³-hybridized carbons (Fsp3) is 0.385. The van der Waals surface area contributed by atoms with E-state index < -0.39 is 23.5 Å². The Bertz CT molecular complexity index is 1070. The Kier molecular flexibility index (Phi) is 9.73. The summed E-state index contributed by atoms with van der Waals surface area (Å²) in [6, 6.07) is 11.7. The van der Waals surface area contributed by atoms with E-state index in [2.05, 4.69) is 4.99 Å². The number of amides is 1. The van der Waals surface area contributed by atoms with Crippen LogP contribution in [0.25, 0.3) is 0 Å². The van der Waals surface area contributed by atoms with Gasteiger partial charge in [-0.3, -0.25) is 9.59 Å². The summed E-state index contributed by atoms with van der Waals surface area (Å²) < 4.78 is 15.9. The van der Waals surface area contributed by atoms with Crippen molar-refractivity contribution in [2.24, 2.45) is 4.99 Å². The number of hydrogen-bond acceptors (Lipinski definition) is 8. The van der Waals surface area contributed by atoms with Gasteiger partial charge in [-0.05, 0) is 83.1 Å². The second-order valence-corrected chi connectivity index (χ2v) is 8.56. The van der Waals surface area contributed by atoms with Crippen LogP contribution in [0.5, 0.6) is 11.5 Å². The topological polar surface area (TPSA) is 112 Å². The number of hydrogen-bond donors (Lipinski definition) is 0. The summed E-state index contributed by atoms with van der Waals surface area (Å²) in [5.41, 5.74) is 0.244. The molecular weight excluding hydrogens is 452 g/mol. The quantitative estimate of drug-likeness (QED) is 0.207. The zero-order valence-corrected chi connectivity index (χ0v) is 20.6. The number of nitrogens with zero attached hydrogens (tertiary/aromatic N) is 2. The Hall–Kier alpha value is -3.97. The zero-order chi connectivity index (χ0) is 26.0. The first-order valence-electron chi connectivity index (χ1n) is 11.1. The SMILES string of the molecule is CCOC(=O)COc1ccc(C(=O)[C@H](C)N(CN=C=O)C(=O)c2ccc(OC(C)(C)C)cc2)cc1. The average Bonchev–Trinajstić information content (AvgIpc) is 2.82. The lowest BCUT2D eigenvalue weighted by atomic mass is 10.0. The van der Waals surface area contributed by atoms with Gasteiger partial charge in [0.2, 0.25) is 6.08 Å². The number of carbonyl (C=O) groups is 3. The highest BCUT2D eigenvalue weighted by molar-refractivity contribution is 6.04. The lowest BCUT2D eigenvalue weighted by molar-refractivity contribution is -0.145. The molecule has 0 aliphatic heterocycles. The monoisotopic (exact) mass is 482 g/mol. The lowest BCUT2D eigenvalue weighted by Gasteiger charge is -2.26. The highest BCUT2D eigenvalue weighted by atomic mass is 16.6. The number of Topliss-reactive ketones (excluding diaryl/α,β-unsaturated/α-hetero) is 1. The first kappa shape index (κ1) is 27.3. The van der Waals surface area contributed by atoms with Gasteiger partial charge in [-0.2, -0.15) is 4.99 Å². The van der Waals surface area contributed by atoms with Gasteiger partial charge in [0.15, 0.2) is 12.4 Å². The molecule has 0 aliphatic rings. The molecule has 2 aromatic carbocycles. The van der Waals surface area contributed by atoms with E-state index in [1.165, 1.54) is 23.1 Å². The third-order valence-corrected chi connectivity index (χ3v) is 4.72. The van der Waals surface area contributed by atoms with E-state index in [0.717, 1.165) is 0 Å². The second-order valence-electron chi connectivity index (χ2n) is 8.56. The fourth-order valence-corrected chi connectivity index (χ4v) is 3.10. The van der Waals surface area contributed by atoms with Crippen LogP contribution in [0.4, 0.5) is 0 Å². The molecule has 186 valence electrons. The van der Waals surface area contributed by atoms with Gasteiger partial charge in [0, 0.05) is 11.1 Å². The number of benzene rings is 2. The van der Waals surface area contributed by atoms with E-state index >= 15 is 0 Å². The van der Waals surface area contributed by atoms with Gasteiger partial charge in [0.25, 0.3) is 5.91 Å². The number of carbonyl (C=O) groups excluding carboxylic acids is 4. The number of rotatable bonds is 11. The van der Waals surface area contributed by atoms with Gasteiger partial charge in [-0.15, -0.1) is 0 Å². The number of ether oxygens (including phenoxy) is 3. The molecule has 9 heteroatoms. The second kappa shape index (κ2) is 12.5. The van der Waals surface area contributed by atoms with Gasteiger partial charge in [-0.1, -0.05) is 0 Å². The van der Waals surface area contributed by atoms with E-state index in [1.807, 2.05) is 20.8 Å². The molecule has 0 saturated heterocycles. The van der Waals surface area contributed by atoms with E-state index in [1.54, 1.807) is 50.2 Å². The number of isocyanates is 1. The van der Waals surface area contributed by atoms with E-state index in [0.29, 0.717) is 22.6 Å². The normalized spacial score (nSPS) is 11.6. The van der Waals surface area contributed by atoms with Crippen LogP contribution < -0.4 is 9.47 Å². The maximum absolute atomic E-state index is 13.2. The van der Waals surface area contributed by atoms with Crippen LogP contribution in [0.2, 0.25) is 0 Å². The molecule has 1 atom stereocenters. The van der Waals surface area contributed by atoms with Crippen molar-refractivity contribution in [1.29, 1.82) is 0 Å². The van der Waals surface area contributed by atoms with Crippen LogP contribution in [-0.4, -0.2) is 60.2 Å². The van der Waals surface area contributed by atoms with Crippen molar-refractivity contribution < 1.29 is 33.4 Å². The fourth-order valence-electron chi connectivity index (χ4n) is 3.10. The molecular formula is C26H30N2O7. The van der Waals surface area contributed by atoms with Crippen LogP contribution in [0.15, 0.2) is 53.5 Å². The zero-order valence-electron chi connectivity index (χ0n) is 20.6. The van der Waals surface area contributed by atoms with Gasteiger partial charge in [0.05, 0.1) is 12.6 Å².